The number of ether oxygens (including phenoxy) is 1. The molecule has 28 heavy (non-hydrogen) atoms. The highest BCUT2D eigenvalue weighted by atomic mass is 32.2. The summed E-state index contributed by atoms with van der Waals surface area (Å²) in [7, 11) is -2.04. The number of sulfonamides is 1. The second kappa shape index (κ2) is 8.63. The molecule has 0 bridgehead atoms. The van der Waals surface area contributed by atoms with Crippen molar-refractivity contribution in [3.8, 4) is 10.6 Å². The van der Waals surface area contributed by atoms with Crippen LogP contribution in [-0.2, 0) is 33.2 Å². The molecule has 2 aromatic heterocycles. The van der Waals surface area contributed by atoms with Gasteiger partial charge in [0.1, 0.15) is 17.4 Å². The van der Waals surface area contributed by atoms with Crippen molar-refractivity contribution >= 4 is 27.3 Å². The smallest absolute Gasteiger partial charge is 0.307 e. The first-order valence-electron chi connectivity index (χ1n) is 8.50. The Morgan fingerprint density at radius 2 is 2.00 bits per heavy atom. The van der Waals surface area contributed by atoms with Gasteiger partial charge in [-0.25, -0.2) is 23.1 Å². The van der Waals surface area contributed by atoms with Crippen molar-refractivity contribution in [1.82, 2.24) is 19.3 Å². The van der Waals surface area contributed by atoms with E-state index in [0.717, 1.165) is 10.6 Å². The summed E-state index contributed by atoms with van der Waals surface area (Å²) in [4.78, 5) is 20.3. The zero-order valence-electron chi connectivity index (χ0n) is 15.5. The van der Waals surface area contributed by atoms with Crippen molar-refractivity contribution in [2.24, 2.45) is 7.05 Å². The maximum absolute atomic E-state index is 12.1. The molecule has 0 aliphatic carbocycles. The summed E-state index contributed by atoms with van der Waals surface area (Å²) in [5.41, 5.74) is 1.66. The summed E-state index contributed by atoms with van der Waals surface area (Å²) >= 11 is 1.47. The molecule has 0 spiro atoms. The predicted molar refractivity (Wildman–Crippen MR) is 105 cm³/mol. The fourth-order valence-corrected chi connectivity index (χ4v) is 4.21. The van der Waals surface area contributed by atoms with Gasteiger partial charge >= 0.3 is 5.97 Å². The van der Waals surface area contributed by atoms with Gasteiger partial charge in [-0.2, -0.15) is 0 Å². The van der Waals surface area contributed by atoms with Crippen LogP contribution in [0.1, 0.15) is 17.9 Å². The van der Waals surface area contributed by atoms with Gasteiger partial charge in [-0.3, -0.25) is 4.79 Å². The third-order valence-electron chi connectivity index (χ3n) is 3.94. The Hall–Kier alpha value is -2.56. The molecule has 148 valence electrons. The van der Waals surface area contributed by atoms with Crippen molar-refractivity contribution in [2.45, 2.75) is 25.0 Å². The van der Waals surface area contributed by atoms with Crippen molar-refractivity contribution in [3.63, 3.8) is 0 Å². The van der Waals surface area contributed by atoms with Gasteiger partial charge in [-0.15, -0.1) is 11.3 Å². The van der Waals surface area contributed by atoms with Gasteiger partial charge in [0.05, 0.1) is 12.1 Å². The summed E-state index contributed by atoms with van der Waals surface area (Å²) in [5, 5.41) is 2.61. The van der Waals surface area contributed by atoms with E-state index in [2.05, 4.69) is 14.7 Å². The number of benzene rings is 1. The summed E-state index contributed by atoms with van der Waals surface area (Å²) in [6.45, 7) is 1.69. The number of esters is 1. The van der Waals surface area contributed by atoms with Crippen molar-refractivity contribution in [2.75, 3.05) is 6.54 Å². The lowest BCUT2D eigenvalue weighted by Gasteiger charge is -2.05. The maximum atomic E-state index is 12.1. The average Bonchev–Trinajstić information content (AvgIpc) is 3.28. The third kappa shape index (κ3) is 5.03. The van der Waals surface area contributed by atoms with Crippen LogP contribution in [0.3, 0.4) is 0 Å². The van der Waals surface area contributed by atoms with E-state index in [1.54, 1.807) is 18.5 Å². The number of rotatable bonds is 8. The third-order valence-corrected chi connectivity index (χ3v) is 6.21. The number of thiazole rings is 1. The standard InChI is InChI=1S/C18H20N4O4S2/c1-13-20-16(10-22(13)2)28(24,25)19-9-8-17(23)26-11-15-12-27-18(21-15)14-6-4-3-5-7-14/h3-7,10,12,19H,8-9,11H2,1-2H3. The van der Waals surface area contributed by atoms with Crippen LogP contribution in [0.5, 0.6) is 0 Å². The number of carbonyl (C=O) groups is 1. The van der Waals surface area contributed by atoms with E-state index < -0.39 is 16.0 Å². The number of hydrogen-bond donors (Lipinski definition) is 1. The molecule has 0 saturated carbocycles. The van der Waals surface area contributed by atoms with Gasteiger partial charge in [0.25, 0.3) is 10.0 Å². The Bertz CT molecular complexity index is 1040. The topological polar surface area (TPSA) is 103 Å². The minimum Gasteiger partial charge on any atom is -0.459 e. The van der Waals surface area contributed by atoms with Crippen LogP contribution >= 0.6 is 11.3 Å². The van der Waals surface area contributed by atoms with Crippen LogP contribution < -0.4 is 4.72 Å². The Morgan fingerprint density at radius 3 is 2.68 bits per heavy atom. The Kier molecular flexibility index (Phi) is 6.22. The first-order chi connectivity index (χ1) is 13.3. The Morgan fingerprint density at radius 1 is 1.25 bits per heavy atom. The molecule has 0 aliphatic heterocycles. The van der Waals surface area contributed by atoms with Crippen LogP contribution in [0.4, 0.5) is 0 Å². The zero-order chi connectivity index (χ0) is 20.1. The van der Waals surface area contributed by atoms with E-state index in [4.69, 9.17) is 4.74 Å². The molecule has 2 heterocycles. The van der Waals surface area contributed by atoms with Crippen LogP contribution in [0.25, 0.3) is 10.6 Å². The minimum atomic E-state index is -3.75. The molecule has 10 heteroatoms. The monoisotopic (exact) mass is 420 g/mol. The quantitative estimate of drug-likeness (QED) is 0.561. The number of hydrogen-bond acceptors (Lipinski definition) is 7. The predicted octanol–water partition coefficient (Wildman–Crippen LogP) is 2.26. The molecule has 1 aromatic carbocycles. The summed E-state index contributed by atoms with van der Waals surface area (Å²) in [5.74, 6) is 0.0760. The number of carbonyl (C=O) groups excluding carboxylic acids is 1. The summed E-state index contributed by atoms with van der Waals surface area (Å²) in [6.07, 6.45) is 1.34. The van der Waals surface area contributed by atoms with Crippen molar-refractivity contribution < 1.29 is 17.9 Å². The Labute approximate surface area is 167 Å². The molecule has 3 rings (SSSR count). The van der Waals surface area contributed by atoms with E-state index in [1.165, 1.54) is 17.5 Å². The number of aromatic nitrogens is 3. The first kappa shape index (κ1) is 20.2. The maximum Gasteiger partial charge on any atom is 0.307 e. The molecule has 0 radical (unpaired) electrons. The highest BCUT2D eigenvalue weighted by Gasteiger charge is 2.18. The van der Waals surface area contributed by atoms with Crippen LogP contribution in [0.15, 0.2) is 46.9 Å². The number of imidazole rings is 1. The number of nitrogens with zero attached hydrogens (tertiary/aromatic N) is 3. The average molecular weight is 421 g/mol. The minimum absolute atomic E-state index is 0.0500. The van der Waals surface area contributed by atoms with Gasteiger partial charge in [-0.1, -0.05) is 30.3 Å². The molecule has 0 fully saturated rings. The van der Waals surface area contributed by atoms with E-state index in [0.29, 0.717) is 11.5 Å². The molecule has 0 atom stereocenters. The number of nitrogens with one attached hydrogen (secondary N) is 1. The highest BCUT2D eigenvalue weighted by Crippen LogP contribution is 2.23. The first-order valence-corrected chi connectivity index (χ1v) is 10.9. The van der Waals surface area contributed by atoms with E-state index >= 15 is 0 Å². The lowest BCUT2D eigenvalue weighted by molar-refractivity contribution is -0.144. The van der Waals surface area contributed by atoms with Gasteiger partial charge < -0.3 is 9.30 Å². The van der Waals surface area contributed by atoms with Gasteiger partial charge in [0.2, 0.25) is 0 Å². The molecule has 1 N–H and O–H groups in total. The van der Waals surface area contributed by atoms with Crippen molar-refractivity contribution in [1.29, 1.82) is 0 Å². The molecule has 0 amide bonds. The lowest BCUT2D eigenvalue weighted by atomic mass is 10.2. The highest BCUT2D eigenvalue weighted by molar-refractivity contribution is 7.89. The fraction of sp³-hybridized carbons (Fsp3) is 0.278. The van der Waals surface area contributed by atoms with Crippen LogP contribution in [0.2, 0.25) is 0 Å². The summed E-state index contributed by atoms with van der Waals surface area (Å²) < 4.78 is 33.4. The molecular weight excluding hydrogens is 400 g/mol. The largest absolute Gasteiger partial charge is 0.459 e. The fourth-order valence-electron chi connectivity index (χ4n) is 2.33. The van der Waals surface area contributed by atoms with Crippen LogP contribution in [0, 0.1) is 6.92 Å². The van der Waals surface area contributed by atoms with E-state index in [-0.39, 0.29) is 24.6 Å². The SMILES string of the molecule is Cc1nc(S(=O)(=O)NCCC(=O)OCc2csc(-c3ccccc3)n2)cn1C. The van der Waals surface area contributed by atoms with Crippen LogP contribution in [-0.4, -0.2) is 35.5 Å². The second-order valence-corrected chi connectivity index (χ2v) is 8.63. The molecule has 0 aliphatic rings. The molecule has 0 unspecified atom stereocenters. The van der Waals surface area contributed by atoms with E-state index in [1.807, 2.05) is 35.7 Å². The lowest BCUT2D eigenvalue weighted by Crippen LogP contribution is -2.27. The van der Waals surface area contributed by atoms with Crippen molar-refractivity contribution in [3.05, 3.63) is 53.4 Å². The van der Waals surface area contributed by atoms with Gasteiger partial charge in [-0.05, 0) is 6.92 Å². The number of aryl methyl sites for hydroxylation is 2. The molecular formula is C18H20N4O4S2. The van der Waals surface area contributed by atoms with Gasteiger partial charge in [0, 0.05) is 30.7 Å². The molecule has 8 nitrogen and oxygen atoms in total. The normalized spacial score (nSPS) is 11.5. The molecule has 0 saturated heterocycles. The second-order valence-electron chi connectivity index (χ2n) is 6.06. The van der Waals surface area contributed by atoms with E-state index in [9.17, 15) is 13.2 Å². The molecule has 3 aromatic rings. The zero-order valence-corrected chi connectivity index (χ0v) is 17.1. The van der Waals surface area contributed by atoms with Gasteiger partial charge in [0.15, 0.2) is 5.03 Å². The summed E-state index contributed by atoms with van der Waals surface area (Å²) in [6, 6.07) is 9.73. The Balaban J connectivity index is 1.45.